The summed E-state index contributed by atoms with van der Waals surface area (Å²) in [6, 6.07) is -1.05. The molecule has 0 radical (unpaired) electrons. The van der Waals surface area contributed by atoms with Crippen LogP contribution < -0.4 is 5.32 Å². The van der Waals surface area contributed by atoms with Gasteiger partial charge in [0.1, 0.15) is 24.4 Å². The molecule has 0 aromatic rings. The van der Waals surface area contributed by atoms with Crippen molar-refractivity contribution < 1.29 is 49.3 Å². The second kappa shape index (κ2) is 53.7. The molecule has 11 nitrogen and oxygen atoms in total. The summed E-state index contributed by atoms with van der Waals surface area (Å²) >= 11 is 0. The Morgan fingerprint density at radius 2 is 0.987 bits per heavy atom. The lowest BCUT2D eigenvalue weighted by atomic mass is 9.99. The van der Waals surface area contributed by atoms with Crippen LogP contribution in [0.15, 0.2) is 122 Å². The lowest BCUT2D eigenvalue weighted by Crippen LogP contribution is -2.61. The molecule has 0 aromatic carbocycles. The van der Waals surface area contributed by atoms with Crippen LogP contribution in [0.1, 0.15) is 226 Å². The average molecular weight is 1090 g/mol. The molecule has 78 heavy (non-hydrogen) atoms. The van der Waals surface area contributed by atoms with Gasteiger partial charge in [-0.3, -0.25) is 9.59 Å². The van der Waals surface area contributed by atoms with Crippen LogP contribution in [0, 0.1) is 0 Å². The molecule has 1 fully saturated rings. The Balaban J connectivity index is 2.71. The van der Waals surface area contributed by atoms with E-state index in [0.717, 1.165) is 135 Å². The first-order valence-electron chi connectivity index (χ1n) is 30.8. The molecule has 11 heteroatoms. The fourth-order valence-electron chi connectivity index (χ4n) is 8.83. The molecule has 0 saturated carbocycles. The number of unbranched alkanes of at least 4 members (excludes halogenated alkanes) is 20. The van der Waals surface area contributed by atoms with Crippen LogP contribution in [0.4, 0.5) is 0 Å². The van der Waals surface area contributed by atoms with Crippen molar-refractivity contribution in [2.45, 2.75) is 275 Å². The molecule has 1 saturated heterocycles. The minimum absolute atomic E-state index is 0.100. The number of ether oxygens (including phenoxy) is 3. The summed E-state index contributed by atoms with van der Waals surface area (Å²) in [7, 11) is 0. The topological polar surface area (TPSA) is 175 Å². The van der Waals surface area contributed by atoms with Gasteiger partial charge in [-0.25, -0.2) is 0 Å². The first-order chi connectivity index (χ1) is 38.2. The summed E-state index contributed by atoms with van der Waals surface area (Å²) in [5.41, 5.74) is 0. The number of carbonyl (C=O) groups is 2. The molecule has 0 aliphatic carbocycles. The summed E-state index contributed by atoms with van der Waals surface area (Å²) < 4.78 is 17.6. The zero-order valence-electron chi connectivity index (χ0n) is 49.0. The fraction of sp³-hybridized carbons (Fsp3) is 0.672. The molecular formula is C67H111NO10. The Kier molecular flexibility index (Phi) is 49.6. The predicted octanol–water partition coefficient (Wildman–Crippen LogP) is 14.7. The molecule has 1 aliphatic rings. The number of aliphatic hydroxyl groups excluding tert-OH is 5. The molecule has 0 aromatic heterocycles. The van der Waals surface area contributed by atoms with Gasteiger partial charge in [-0.1, -0.05) is 245 Å². The van der Waals surface area contributed by atoms with Gasteiger partial charge in [0.15, 0.2) is 12.4 Å². The van der Waals surface area contributed by atoms with Gasteiger partial charge in [-0.15, -0.1) is 0 Å². The maximum absolute atomic E-state index is 13.4. The van der Waals surface area contributed by atoms with Crippen molar-refractivity contribution >= 4 is 11.9 Å². The highest BCUT2D eigenvalue weighted by Crippen LogP contribution is 2.26. The number of nitrogens with one attached hydrogen (secondary N) is 1. The number of allylic oxidation sites excluding steroid dienone is 19. The van der Waals surface area contributed by atoms with E-state index >= 15 is 0 Å². The van der Waals surface area contributed by atoms with Crippen LogP contribution in [0.3, 0.4) is 0 Å². The Morgan fingerprint density at radius 3 is 1.53 bits per heavy atom. The Morgan fingerprint density at radius 1 is 0.526 bits per heavy atom. The van der Waals surface area contributed by atoms with Gasteiger partial charge in [-0.2, -0.15) is 0 Å². The van der Waals surface area contributed by atoms with Crippen molar-refractivity contribution in [1.29, 1.82) is 0 Å². The molecular weight excluding hydrogens is 979 g/mol. The van der Waals surface area contributed by atoms with Gasteiger partial charge in [0.05, 0.1) is 25.4 Å². The van der Waals surface area contributed by atoms with Crippen LogP contribution in [0.25, 0.3) is 0 Å². The molecule has 1 amide bonds. The quantitative estimate of drug-likeness (QED) is 0.0149. The maximum atomic E-state index is 13.4. The molecule has 8 unspecified atom stereocenters. The highest BCUT2D eigenvalue weighted by atomic mass is 16.7. The number of hydrogen-bond donors (Lipinski definition) is 6. The largest absolute Gasteiger partial charge is 0.454 e. The number of aliphatic hydroxyl groups is 5. The maximum Gasteiger partial charge on any atom is 0.306 e. The third kappa shape index (κ3) is 41.1. The molecule has 1 aliphatic heterocycles. The Hall–Kier alpha value is -3.94. The number of hydrogen-bond acceptors (Lipinski definition) is 10. The highest BCUT2D eigenvalue weighted by molar-refractivity contribution is 5.80. The minimum Gasteiger partial charge on any atom is -0.454 e. The second-order valence-electron chi connectivity index (χ2n) is 20.7. The number of esters is 1. The molecule has 0 bridgehead atoms. The van der Waals surface area contributed by atoms with Crippen LogP contribution in [0.5, 0.6) is 0 Å². The average Bonchev–Trinajstić information content (AvgIpc) is 3.44. The third-order valence-corrected chi connectivity index (χ3v) is 13.7. The summed E-state index contributed by atoms with van der Waals surface area (Å²) in [6.07, 6.45) is 63.7. The van der Waals surface area contributed by atoms with Crippen LogP contribution in [-0.2, 0) is 23.8 Å². The van der Waals surface area contributed by atoms with Crippen LogP contribution in [0.2, 0.25) is 0 Å². The van der Waals surface area contributed by atoms with E-state index in [1.54, 1.807) is 6.08 Å². The summed E-state index contributed by atoms with van der Waals surface area (Å²) in [6.45, 7) is 5.50. The standard InChI is InChI=1S/C67H111NO10/c1-4-7-10-13-16-19-22-25-27-28-29-30-31-32-33-35-36-39-42-45-48-51-54-60(71)66(75)68-58(59(70)53-50-47-44-41-38-24-21-18-15-12-9-6-3)57-76-67-65(64(74)63(73)61(56-69)77-67)78-62(72)55-52-49-46-43-40-37-34-26-23-20-17-14-11-8-5-2/h7-8,10-11,14,16-17,19-20,23,25,27,29-30,32-33,36,39,50,53,58-61,63-65,67,69-71,73-74H,4-6,9,12-13,15,18,21-22,24,26,28,31,34-35,37-38,40-49,51-52,54-57H2,1-3H3,(H,68,75)/b10-7-,11-8+,17-14+,19-16-,23-20+,27-25-,30-29-,33-32-,39-36-,53-50+. The fourth-order valence-corrected chi connectivity index (χ4v) is 8.83. The van der Waals surface area contributed by atoms with Crippen LogP contribution >= 0.6 is 0 Å². The van der Waals surface area contributed by atoms with E-state index in [-0.39, 0.29) is 19.4 Å². The Bertz CT molecular complexity index is 1730. The smallest absolute Gasteiger partial charge is 0.306 e. The molecule has 8 atom stereocenters. The van der Waals surface area contributed by atoms with Crippen LogP contribution in [-0.4, -0.2) is 99.6 Å². The van der Waals surface area contributed by atoms with Crippen molar-refractivity contribution in [1.82, 2.24) is 5.32 Å². The van der Waals surface area contributed by atoms with Gasteiger partial charge in [0.25, 0.3) is 0 Å². The van der Waals surface area contributed by atoms with E-state index in [9.17, 15) is 35.1 Å². The first-order valence-corrected chi connectivity index (χ1v) is 30.8. The van der Waals surface area contributed by atoms with Gasteiger partial charge in [0.2, 0.25) is 5.91 Å². The molecule has 6 N–H and O–H groups in total. The van der Waals surface area contributed by atoms with E-state index in [1.165, 1.54) is 44.9 Å². The van der Waals surface area contributed by atoms with Crippen molar-refractivity contribution in [3.8, 4) is 0 Å². The first kappa shape index (κ1) is 72.1. The number of rotatable bonds is 50. The molecule has 444 valence electrons. The van der Waals surface area contributed by atoms with Gasteiger partial charge < -0.3 is 45.1 Å². The van der Waals surface area contributed by atoms with E-state index < -0.39 is 67.4 Å². The van der Waals surface area contributed by atoms with Gasteiger partial charge in [0, 0.05) is 6.42 Å². The molecule has 1 rings (SSSR count). The van der Waals surface area contributed by atoms with Crippen molar-refractivity contribution in [2.75, 3.05) is 13.2 Å². The van der Waals surface area contributed by atoms with E-state index in [4.69, 9.17) is 14.2 Å². The Labute approximate surface area is 474 Å². The zero-order chi connectivity index (χ0) is 56.8. The van der Waals surface area contributed by atoms with Crippen molar-refractivity contribution in [3.05, 3.63) is 122 Å². The van der Waals surface area contributed by atoms with Gasteiger partial charge in [-0.05, 0) is 96.3 Å². The molecule has 1 heterocycles. The SMILES string of the molecule is CC/C=C\C/C=C\C/C=C\C/C=C\C/C=C\C/C=C\CCCCCC(O)C(=O)NC(COC1OC(CO)C(O)C(O)C1OC(=O)CCCCCCCCC/C=C/C=C/C=C/CC)C(O)/C=C/CCCCCCCCCCCC. The second-order valence-corrected chi connectivity index (χ2v) is 20.7. The third-order valence-electron chi connectivity index (χ3n) is 13.7. The van der Waals surface area contributed by atoms with Crippen molar-refractivity contribution in [3.63, 3.8) is 0 Å². The monoisotopic (exact) mass is 1090 g/mol. The van der Waals surface area contributed by atoms with E-state index in [2.05, 4.69) is 129 Å². The zero-order valence-corrected chi connectivity index (χ0v) is 49.0. The lowest BCUT2D eigenvalue weighted by molar-refractivity contribution is -0.305. The lowest BCUT2D eigenvalue weighted by Gasteiger charge is -2.41. The minimum atomic E-state index is -1.63. The highest BCUT2D eigenvalue weighted by Gasteiger charge is 2.47. The number of amides is 1. The number of carbonyl (C=O) groups excluding carboxylic acids is 2. The van der Waals surface area contributed by atoms with E-state index in [0.29, 0.717) is 12.8 Å². The summed E-state index contributed by atoms with van der Waals surface area (Å²) in [4.78, 5) is 26.5. The van der Waals surface area contributed by atoms with Gasteiger partial charge >= 0.3 is 5.97 Å². The predicted molar refractivity (Wildman–Crippen MR) is 324 cm³/mol. The summed E-state index contributed by atoms with van der Waals surface area (Å²) in [5.74, 6) is -1.24. The summed E-state index contributed by atoms with van der Waals surface area (Å²) in [5, 5.41) is 56.9. The van der Waals surface area contributed by atoms with E-state index in [1.807, 2.05) is 12.2 Å². The van der Waals surface area contributed by atoms with Crippen molar-refractivity contribution in [2.24, 2.45) is 0 Å². The molecule has 0 spiro atoms. The normalized spacial score (nSPS) is 19.8.